The molecular weight excluding hydrogens is 220 g/mol. The molecule has 0 atom stereocenters. The van der Waals surface area contributed by atoms with Crippen molar-refractivity contribution < 1.29 is 9.90 Å². The third kappa shape index (κ3) is 2.82. The summed E-state index contributed by atoms with van der Waals surface area (Å²) >= 11 is 0. The van der Waals surface area contributed by atoms with Gasteiger partial charge in [-0.15, -0.1) is 5.10 Å². The third-order valence-electron chi connectivity index (χ3n) is 3.26. The van der Waals surface area contributed by atoms with Crippen molar-refractivity contribution in [2.24, 2.45) is 13.0 Å². The molecule has 0 aromatic carbocycles. The molecule has 0 bridgehead atoms. The number of hydrogen-bond acceptors (Lipinski definition) is 4. The van der Waals surface area contributed by atoms with Crippen LogP contribution in [0.4, 0.5) is 0 Å². The van der Waals surface area contributed by atoms with Gasteiger partial charge in [0.15, 0.2) is 5.69 Å². The molecule has 1 saturated heterocycles. The fourth-order valence-electron chi connectivity index (χ4n) is 2.21. The summed E-state index contributed by atoms with van der Waals surface area (Å²) in [4.78, 5) is 13.9. The van der Waals surface area contributed by atoms with E-state index < -0.39 is 0 Å². The summed E-state index contributed by atoms with van der Waals surface area (Å²) in [5.74, 6) is 0.506. The Balaban J connectivity index is 1.90. The molecule has 17 heavy (non-hydrogen) atoms. The number of aliphatic hydroxyl groups excluding tert-OH is 1. The van der Waals surface area contributed by atoms with Crippen LogP contribution in [0.2, 0.25) is 0 Å². The molecule has 2 heterocycles. The standard InChI is InChI=1S/C11H18N4O2/c1-14-8-10(12-13-14)11(17)15-5-2-9(3-6-15)4-7-16/h8-9,16H,2-7H2,1H3. The number of aromatic nitrogens is 3. The highest BCUT2D eigenvalue weighted by molar-refractivity contribution is 5.91. The van der Waals surface area contributed by atoms with Gasteiger partial charge in [-0.25, -0.2) is 0 Å². The van der Waals surface area contributed by atoms with Crippen LogP contribution >= 0.6 is 0 Å². The number of carbonyl (C=O) groups excluding carboxylic acids is 1. The van der Waals surface area contributed by atoms with Gasteiger partial charge >= 0.3 is 0 Å². The SMILES string of the molecule is Cn1cc(C(=O)N2CCC(CCO)CC2)nn1. The smallest absolute Gasteiger partial charge is 0.276 e. The minimum Gasteiger partial charge on any atom is -0.396 e. The lowest BCUT2D eigenvalue weighted by atomic mass is 9.94. The summed E-state index contributed by atoms with van der Waals surface area (Å²) in [5.41, 5.74) is 0.410. The molecule has 0 saturated carbocycles. The quantitative estimate of drug-likeness (QED) is 0.807. The molecule has 6 nitrogen and oxygen atoms in total. The molecule has 1 N–H and O–H groups in total. The van der Waals surface area contributed by atoms with Crippen LogP contribution in [-0.4, -0.2) is 50.6 Å². The first kappa shape index (κ1) is 12.0. The number of likely N-dealkylation sites (tertiary alicyclic amines) is 1. The second-order valence-corrected chi connectivity index (χ2v) is 4.53. The van der Waals surface area contributed by atoms with Gasteiger partial charge in [-0.1, -0.05) is 5.21 Å². The van der Waals surface area contributed by atoms with E-state index in [1.165, 1.54) is 4.68 Å². The fraction of sp³-hybridized carbons (Fsp3) is 0.727. The molecular formula is C11H18N4O2. The van der Waals surface area contributed by atoms with Crippen LogP contribution in [-0.2, 0) is 7.05 Å². The summed E-state index contributed by atoms with van der Waals surface area (Å²) in [5, 5.41) is 16.5. The number of amides is 1. The minimum absolute atomic E-state index is 0.0412. The summed E-state index contributed by atoms with van der Waals surface area (Å²) in [7, 11) is 1.75. The van der Waals surface area contributed by atoms with E-state index in [1.807, 2.05) is 4.90 Å². The van der Waals surface area contributed by atoms with Gasteiger partial charge in [0.2, 0.25) is 0 Å². The van der Waals surface area contributed by atoms with Gasteiger partial charge in [-0.3, -0.25) is 9.48 Å². The van der Waals surface area contributed by atoms with Crippen molar-refractivity contribution in [3.8, 4) is 0 Å². The molecule has 0 spiro atoms. The van der Waals surface area contributed by atoms with Crippen molar-refractivity contribution in [1.29, 1.82) is 0 Å². The molecule has 94 valence electrons. The van der Waals surface area contributed by atoms with Crippen LogP contribution in [0, 0.1) is 5.92 Å². The van der Waals surface area contributed by atoms with E-state index in [4.69, 9.17) is 5.11 Å². The Morgan fingerprint density at radius 2 is 2.24 bits per heavy atom. The van der Waals surface area contributed by atoms with Gasteiger partial charge in [-0.05, 0) is 25.2 Å². The maximum atomic E-state index is 12.0. The van der Waals surface area contributed by atoms with Gasteiger partial charge in [0.1, 0.15) is 0 Å². The molecule has 1 aliphatic rings. The Bertz CT molecular complexity index is 383. The average Bonchev–Trinajstić information content (AvgIpc) is 2.76. The van der Waals surface area contributed by atoms with Gasteiger partial charge in [0.25, 0.3) is 5.91 Å². The first-order valence-corrected chi connectivity index (χ1v) is 5.97. The Morgan fingerprint density at radius 1 is 1.53 bits per heavy atom. The summed E-state index contributed by atoms with van der Waals surface area (Å²) < 4.78 is 1.53. The van der Waals surface area contributed by atoms with E-state index in [1.54, 1.807) is 13.2 Å². The summed E-state index contributed by atoms with van der Waals surface area (Å²) in [6, 6.07) is 0. The van der Waals surface area contributed by atoms with Gasteiger partial charge in [0.05, 0.1) is 6.20 Å². The van der Waals surface area contributed by atoms with Gasteiger partial charge in [-0.2, -0.15) is 0 Å². The molecule has 0 radical (unpaired) electrons. The van der Waals surface area contributed by atoms with Crippen LogP contribution in [0.3, 0.4) is 0 Å². The number of hydrogen-bond donors (Lipinski definition) is 1. The van der Waals surface area contributed by atoms with Crippen LogP contribution in [0.25, 0.3) is 0 Å². The predicted octanol–water partition coefficient (Wildman–Crippen LogP) is 0.0497. The van der Waals surface area contributed by atoms with Crippen LogP contribution in [0.15, 0.2) is 6.20 Å². The maximum absolute atomic E-state index is 12.0. The Labute approximate surface area is 100 Å². The van der Waals surface area contributed by atoms with Gasteiger partial charge < -0.3 is 10.0 Å². The van der Waals surface area contributed by atoms with E-state index in [-0.39, 0.29) is 12.5 Å². The number of aryl methyl sites for hydroxylation is 1. The van der Waals surface area contributed by atoms with Crippen molar-refractivity contribution in [2.45, 2.75) is 19.3 Å². The van der Waals surface area contributed by atoms with E-state index in [9.17, 15) is 4.79 Å². The topological polar surface area (TPSA) is 71.2 Å². The predicted molar refractivity (Wildman–Crippen MR) is 61.3 cm³/mol. The lowest BCUT2D eigenvalue weighted by molar-refractivity contribution is 0.0672. The number of rotatable bonds is 3. The largest absolute Gasteiger partial charge is 0.396 e. The molecule has 1 aliphatic heterocycles. The zero-order valence-corrected chi connectivity index (χ0v) is 10.0. The fourth-order valence-corrected chi connectivity index (χ4v) is 2.21. The van der Waals surface area contributed by atoms with E-state index in [0.29, 0.717) is 11.6 Å². The minimum atomic E-state index is -0.0412. The van der Waals surface area contributed by atoms with Crippen molar-refractivity contribution >= 4 is 5.91 Å². The molecule has 1 aromatic rings. The number of aliphatic hydroxyl groups is 1. The van der Waals surface area contributed by atoms with Crippen molar-refractivity contribution in [1.82, 2.24) is 19.9 Å². The normalized spacial score (nSPS) is 17.4. The number of piperidine rings is 1. The Kier molecular flexibility index (Phi) is 3.73. The zero-order valence-electron chi connectivity index (χ0n) is 10.0. The summed E-state index contributed by atoms with van der Waals surface area (Å²) in [6.07, 6.45) is 4.41. The zero-order chi connectivity index (χ0) is 12.3. The number of nitrogens with zero attached hydrogens (tertiary/aromatic N) is 4. The third-order valence-corrected chi connectivity index (χ3v) is 3.26. The molecule has 0 aliphatic carbocycles. The molecule has 6 heteroatoms. The molecule has 1 aromatic heterocycles. The van der Waals surface area contributed by atoms with E-state index in [2.05, 4.69) is 10.3 Å². The number of carbonyl (C=O) groups is 1. The van der Waals surface area contributed by atoms with Gasteiger partial charge in [0, 0.05) is 26.7 Å². The van der Waals surface area contributed by atoms with E-state index >= 15 is 0 Å². The lowest BCUT2D eigenvalue weighted by Crippen LogP contribution is -2.38. The van der Waals surface area contributed by atoms with Crippen LogP contribution in [0.1, 0.15) is 29.8 Å². The first-order chi connectivity index (χ1) is 8.20. The average molecular weight is 238 g/mol. The highest BCUT2D eigenvalue weighted by atomic mass is 16.3. The second-order valence-electron chi connectivity index (χ2n) is 4.53. The molecule has 1 amide bonds. The van der Waals surface area contributed by atoms with Crippen LogP contribution in [0.5, 0.6) is 0 Å². The summed E-state index contributed by atoms with van der Waals surface area (Å²) in [6.45, 7) is 1.74. The van der Waals surface area contributed by atoms with Crippen molar-refractivity contribution in [3.05, 3.63) is 11.9 Å². The highest BCUT2D eigenvalue weighted by Crippen LogP contribution is 2.20. The first-order valence-electron chi connectivity index (χ1n) is 5.97. The molecule has 2 rings (SSSR count). The lowest BCUT2D eigenvalue weighted by Gasteiger charge is -2.31. The van der Waals surface area contributed by atoms with Crippen LogP contribution < -0.4 is 0 Å². The van der Waals surface area contributed by atoms with Crippen molar-refractivity contribution in [3.63, 3.8) is 0 Å². The second kappa shape index (κ2) is 5.27. The van der Waals surface area contributed by atoms with E-state index in [0.717, 1.165) is 32.4 Å². The highest BCUT2D eigenvalue weighted by Gasteiger charge is 2.24. The Morgan fingerprint density at radius 3 is 2.76 bits per heavy atom. The molecule has 0 unspecified atom stereocenters. The molecule has 1 fully saturated rings. The van der Waals surface area contributed by atoms with Crippen molar-refractivity contribution in [2.75, 3.05) is 19.7 Å². The Hall–Kier alpha value is -1.43. The maximum Gasteiger partial charge on any atom is 0.276 e. The monoisotopic (exact) mass is 238 g/mol.